The van der Waals surface area contributed by atoms with E-state index in [0.717, 1.165) is 31.2 Å². The second-order valence-corrected chi connectivity index (χ2v) is 7.80. The quantitative estimate of drug-likeness (QED) is 0.723. The molecule has 2 aliphatic rings. The number of nitrogens with zero attached hydrogens (tertiary/aromatic N) is 1. The van der Waals surface area contributed by atoms with Gasteiger partial charge in [-0.2, -0.15) is 0 Å². The highest BCUT2D eigenvalue weighted by Crippen LogP contribution is 2.32. The summed E-state index contributed by atoms with van der Waals surface area (Å²) in [7, 11) is 0. The van der Waals surface area contributed by atoms with E-state index in [0.29, 0.717) is 18.1 Å². The monoisotopic (exact) mass is 310 g/mol. The summed E-state index contributed by atoms with van der Waals surface area (Å²) >= 11 is 0. The van der Waals surface area contributed by atoms with Crippen LogP contribution in [0.1, 0.15) is 65.7 Å². The lowest BCUT2D eigenvalue weighted by atomic mass is 9.79. The second-order valence-electron chi connectivity index (χ2n) is 7.80. The maximum atomic E-state index is 10.9. The van der Waals surface area contributed by atoms with Gasteiger partial charge in [0.25, 0.3) is 0 Å². The molecule has 0 aliphatic heterocycles. The molecule has 0 amide bonds. The van der Waals surface area contributed by atoms with Crippen LogP contribution < -0.4 is 5.32 Å². The minimum atomic E-state index is -0.706. The molecular weight excluding hydrogens is 276 g/mol. The Morgan fingerprint density at radius 3 is 2.55 bits per heavy atom. The van der Waals surface area contributed by atoms with E-state index in [1.807, 2.05) is 0 Å². The molecule has 2 N–H and O–H groups in total. The van der Waals surface area contributed by atoms with Crippen LogP contribution in [0.2, 0.25) is 0 Å². The van der Waals surface area contributed by atoms with Gasteiger partial charge >= 0.3 is 5.97 Å². The smallest absolute Gasteiger partial charge is 0.317 e. The summed E-state index contributed by atoms with van der Waals surface area (Å²) in [5.74, 6) is 1.01. The van der Waals surface area contributed by atoms with E-state index in [1.54, 1.807) is 0 Å². The van der Waals surface area contributed by atoms with Crippen LogP contribution in [0.15, 0.2) is 0 Å². The Kier molecular flexibility index (Phi) is 6.69. The summed E-state index contributed by atoms with van der Waals surface area (Å²) in [5, 5.41) is 12.8. The van der Waals surface area contributed by atoms with Crippen molar-refractivity contribution in [2.45, 2.75) is 83.8 Å². The maximum absolute atomic E-state index is 10.9. The first-order chi connectivity index (χ1) is 10.5. The fourth-order valence-corrected chi connectivity index (χ4v) is 4.35. The van der Waals surface area contributed by atoms with Crippen molar-refractivity contribution < 1.29 is 9.90 Å². The molecule has 2 unspecified atom stereocenters. The number of carboxylic acids is 1. The Hall–Kier alpha value is -0.610. The Morgan fingerprint density at radius 2 is 1.95 bits per heavy atom. The van der Waals surface area contributed by atoms with Gasteiger partial charge in [0, 0.05) is 18.1 Å². The van der Waals surface area contributed by atoms with Crippen LogP contribution in [0.4, 0.5) is 0 Å². The van der Waals surface area contributed by atoms with E-state index in [4.69, 9.17) is 5.11 Å². The third-order valence-electron chi connectivity index (χ3n) is 5.43. The lowest BCUT2D eigenvalue weighted by molar-refractivity contribution is -0.139. The normalized spacial score (nSPS) is 32.2. The van der Waals surface area contributed by atoms with Crippen molar-refractivity contribution in [3.8, 4) is 0 Å². The predicted molar refractivity (Wildman–Crippen MR) is 90.0 cm³/mol. The molecule has 2 fully saturated rings. The zero-order valence-corrected chi connectivity index (χ0v) is 14.6. The van der Waals surface area contributed by atoms with E-state index in [-0.39, 0.29) is 6.54 Å². The van der Waals surface area contributed by atoms with E-state index < -0.39 is 5.97 Å². The van der Waals surface area contributed by atoms with E-state index in [1.165, 1.54) is 32.1 Å². The maximum Gasteiger partial charge on any atom is 0.317 e. The lowest BCUT2D eigenvalue weighted by Gasteiger charge is -2.45. The van der Waals surface area contributed by atoms with E-state index >= 15 is 0 Å². The number of likely N-dealkylation sites (N-methyl/N-ethyl adjacent to an activating group) is 1. The third-order valence-corrected chi connectivity index (χ3v) is 5.43. The van der Waals surface area contributed by atoms with E-state index in [2.05, 4.69) is 31.0 Å². The zero-order valence-electron chi connectivity index (χ0n) is 14.6. The average Bonchev–Trinajstić information content (AvgIpc) is 2.39. The first kappa shape index (κ1) is 17.7. The average molecular weight is 310 g/mol. The molecule has 0 saturated heterocycles. The molecule has 22 heavy (non-hydrogen) atoms. The van der Waals surface area contributed by atoms with Crippen LogP contribution in [0.25, 0.3) is 0 Å². The summed E-state index contributed by atoms with van der Waals surface area (Å²) in [6, 6.07) is 1.77. The van der Waals surface area contributed by atoms with Crippen LogP contribution in [0.3, 0.4) is 0 Å². The van der Waals surface area contributed by atoms with Crippen molar-refractivity contribution in [2.75, 3.05) is 13.1 Å². The highest BCUT2D eigenvalue weighted by Gasteiger charge is 2.35. The molecule has 0 heterocycles. The number of aliphatic carboxylic acids is 1. The number of carbonyl (C=O) groups is 1. The van der Waals surface area contributed by atoms with Crippen LogP contribution in [-0.2, 0) is 4.79 Å². The van der Waals surface area contributed by atoms with Gasteiger partial charge in [0.05, 0.1) is 6.54 Å². The number of rotatable bonds is 8. The summed E-state index contributed by atoms with van der Waals surface area (Å²) < 4.78 is 0. The van der Waals surface area contributed by atoms with Crippen molar-refractivity contribution >= 4 is 5.97 Å². The Balaban J connectivity index is 1.69. The van der Waals surface area contributed by atoms with Gasteiger partial charge < -0.3 is 10.4 Å². The van der Waals surface area contributed by atoms with Crippen LogP contribution >= 0.6 is 0 Å². The Morgan fingerprint density at radius 1 is 1.23 bits per heavy atom. The molecule has 2 atom stereocenters. The van der Waals surface area contributed by atoms with Crippen molar-refractivity contribution in [1.82, 2.24) is 10.2 Å². The Labute approximate surface area is 135 Å². The summed E-state index contributed by atoms with van der Waals surface area (Å²) in [4.78, 5) is 13.0. The van der Waals surface area contributed by atoms with Crippen molar-refractivity contribution in [2.24, 2.45) is 11.8 Å². The number of carboxylic acid groups (broad SMARTS) is 1. The molecule has 2 aliphatic carbocycles. The van der Waals surface area contributed by atoms with Gasteiger partial charge in [-0.1, -0.05) is 33.6 Å². The molecule has 2 rings (SSSR count). The molecule has 0 bridgehead atoms. The largest absolute Gasteiger partial charge is 0.480 e. The number of hydrogen-bond donors (Lipinski definition) is 2. The molecule has 4 heteroatoms. The second kappa shape index (κ2) is 8.30. The molecule has 2 saturated carbocycles. The van der Waals surface area contributed by atoms with Gasteiger partial charge in [0.1, 0.15) is 0 Å². The van der Waals surface area contributed by atoms with Crippen LogP contribution in [0.5, 0.6) is 0 Å². The molecule has 0 aromatic rings. The molecule has 0 aromatic carbocycles. The minimum Gasteiger partial charge on any atom is -0.480 e. The molecule has 0 aromatic heterocycles. The lowest BCUT2D eigenvalue weighted by Crippen LogP contribution is -2.56. The van der Waals surface area contributed by atoms with Gasteiger partial charge in [-0.15, -0.1) is 0 Å². The van der Waals surface area contributed by atoms with Gasteiger partial charge in [0.2, 0.25) is 0 Å². The molecule has 0 radical (unpaired) electrons. The SMILES string of the molecule is CCN(CC(=O)O)C1CC(NC2CCCC(CC(C)C)C2)C1. The third kappa shape index (κ3) is 5.24. The highest BCUT2D eigenvalue weighted by molar-refractivity contribution is 5.69. The van der Waals surface area contributed by atoms with E-state index in [9.17, 15) is 4.79 Å². The number of nitrogens with one attached hydrogen (secondary N) is 1. The predicted octanol–water partition coefficient (Wildman–Crippen LogP) is 3.12. The topological polar surface area (TPSA) is 52.6 Å². The van der Waals surface area contributed by atoms with Gasteiger partial charge in [-0.05, 0) is 50.5 Å². The molecule has 4 nitrogen and oxygen atoms in total. The molecule has 128 valence electrons. The first-order valence-electron chi connectivity index (χ1n) is 9.19. The summed E-state index contributed by atoms with van der Waals surface area (Å²) in [6.45, 7) is 7.74. The Bertz CT molecular complexity index is 353. The number of hydrogen-bond acceptors (Lipinski definition) is 3. The summed E-state index contributed by atoms with van der Waals surface area (Å²) in [5.41, 5.74) is 0. The van der Waals surface area contributed by atoms with Crippen molar-refractivity contribution in [3.05, 3.63) is 0 Å². The van der Waals surface area contributed by atoms with Gasteiger partial charge in [-0.3, -0.25) is 9.69 Å². The zero-order chi connectivity index (χ0) is 16.1. The summed E-state index contributed by atoms with van der Waals surface area (Å²) in [6.07, 6.45) is 9.04. The first-order valence-corrected chi connectivity index (χ1v) is 9.19. The minimum absolute atomic E-state index is 0.188. The van der Waals surface area contributed by atoms with Crippen molar-refractivity contribution in [3.63, 3.8) is 0 Å². The van der Waals surface area contributed by atoms with Gasteiger partial charge in [0.15, 0.2) is 0 Å². The fourth-order valence-electron chi connectivity index (χ4n) is 4.35. The standard InChI is InChI=1S/C18H34N2O2/c1-4-20(12-18(21)22)17-10-16(11-17)19-15-7-5-6-14(9-15)8-13(2)3/h13-17,19H,4-12H2,1-3H3,(H,21,22). The van der Waals surface area contributed by atoms with Gasteiger partial charge in [-0.25, -0.2) is 0 Å². The fraction of sp³-hybridized carbons (Fsp3) is 0.944. The molecule has 0 spiro atoms. The highest BCUT2D eigenvalue weighted by atomic mass is 16.4. The van der Waals surface area contributed by atoms with Crippen LogP contribution in [-0.4, -0.2) is 47.2 Å². The molecular formula is C18H34N2O2. The van der Waals surface area contributed by atoms with Crippen molar-refractivity contribution in [1.29, 1.82) is 0 Å². The van der Waals surface area contributed by atoms with Crippen LogP contribution in [0, 0.1) is 11.8 Å².